The van der Waals surface area contributed by atoms with E-state index in [2.05, 4.69) is 41.4 Å². The Hall–Kier alpha value is -4.44. The topological polar surface area (TPSA) is 140 Å². The van der Waals surface area contributed by atoms with Crippen LogP contribution in [0.1, 0.15) is 36.4 Å². The minimum absolute atomic E-state index is 0.0307. The van der Waals surface area contributed by atoms with E-state index >= 15 is 0 Å². The maximum Gasteiger partial charge on any atom is 0.414 e. The fourth-order valence-electron chi connectivity index (χ4n) is 4.65. The van der Waals surface area contributed by atoms with Gasteiger partial charge in [-0.2, -0.15) is 0 Å². The van der Waals surface area contributed by atoms with Crippen LogP contribution in [0.2, 0.25) is 0 Å². The number of carboxylic acids is 2. The van der Waals surface area contributed by atoms with Crippen LogP contribution in [-0.2, 0) is 20.8 Å². The van der Waals surface area contributed by atoms with Crippen LogP contribution in [0, 0.1) is 5.92 Å². The number of nitrogens with zero attached hydrogens (tertiary/aromatic N) is 2. The summed E-state index contributed by atoms with van der Waals surface area (Å²) >= 11 is 0. The summed E-state index contributed by atoms with van der Waals surface area (Å²) in [4.78, 5) is 47.6. The molecule has 0 unspecified atom stereocenters. The molecule has 1 aromatic heterocycles. The van der Waals surface area contributed by atoms with E-state index in [4.69, 9.17) is 24.2 Å². The van der Waals surface area contributed by atoms with E-state index in [9.17, 15) is 9.59 Å². The zero-order chi connectivity index (χ0) is 28.4. The molecule has 2 aromatic carbocycles. The second-order valence-corrected chi connectivity index (χ2v) is 9.36. The minimum Gasteiger partial charge on any atom is -0.473 e. The van der Waals surface area contributed by atoms with Crippen LogP contribution < -0.4 is 10.2 Å². The van der Waals surface area contributed by atoms with Crippen molar-refractivity contribution in [2.75, 3.05) is 29.9 Å². The normalized spacial score (nSPS) is 16.9. The lowest BCUT2D eigenvalue weighted by Gasteiger charge is -2.42. The van der Waals surface area contributed by atoms with Gasteiger partial charge in [0.15, 0.2) is 5.76 Å². The summed E-state index contributed by atoms with van der Waals surface area (Å²) in [5, 5.41) is 17.6. The first-order chi connectivity index (χ1) is 18.7. The zero-order valence-corrected chi connectivity index (χ0v) is 21.9. The zero-order valence-electron chi connectivity index (χ0n) is 21.9. The van der Waals surface area contributed by atoms with Gasteiger partial charge in [0.2, 0.25) is 5.91 Å². The molecule has 1 aliphatic rings. The van der Waals surface area contributed by atoms with Crippen molar-refractivity contribution >= 4 is 35.1 Å². The van der Waals surface area contributed by atoms with Crippen molar-refractivity contribution in [1.82, 2.24) is 4.90 Å². The van der Waals surface area contributed by atoms with Crippen molar-refractivity contribution in [2.24, 2.45) is 5.92 Å². The Bertz CT molecular complexity index is 1250. The lowest BCUT2D eigenvalue weighted by molar-refractivity contribution is -0.159. The number of aliphatic carboxylic acids is 2. The number of hydrogen-bond donors (Lipinski definition) is 3. The Morgan fingerprint density at radius 1 is 1.00 bits per heavy atom. The molecular weight excluding hydrogens is 502 g/mol. The van der Waals surface area contributed by atoms with E-state index in [-0.39, 0.29) is 23.8 Å². The number of rotatable bonds is 7. The molecule has 2 atom stereocenters. The number of benzene rings is 2. The summed E-state index contributed by atoms with van der Waals surface area (Å²) in [5.74, 6) is -3.35. The number of amides is 2. The van der Waals surface area contributed by atoms with Gasteiger partial charge in [-0.3, -0.25) is 9.59 Å². The predicted molar refractivity (Wildman–Crippen MR) is 146 cm³/mol. The smallest absolute Gasteiger partial charge is 0.414 e. The number of nitrogens with one attached hydrogen (secondary N) is 1. The third kappa shape index (κ3) is 8.54. The van der Waals surface area contributed by atoms with Gasteiger partial charge in [0, 0.05) is 44.0 Å². The maximum atomic E-state index is 13.5. The number of likely N-dealkylation sites (tertiary alicyclic amines) is 1. The predicted octanol–water partition coefficient (Wildman–Crippen LogP) is 3.99. The molecular formula is C29H33N3O7. The average Bonchev–Trinajstić information content (AvgIpc) is 3.45. The molecule has 10 heteroatoms. The third-order valence-electron chi connectivity index (χ3n) is 6.41. The number of anilines is 2. The monoisotopic (exact) mass is 535 g/mol. The summed E-state index contributed by atoms with van der Waals surface area (Å²) < 4.78 is 5.46. The molecule has 2 heterocycles. The number of hydrogen-bond acceptors (Lipinski definition) is 6. The molecule has 1 fully saturated rings. The molecule has 0 spiro atoms. The second kappa shape index (κ2) is 13.9. The summed E-state index contributed by atoms with van der Waals surface area (Å²) in [6, 6.07) is 21.5. The molecule has 10 nitrogen and oxygen atoms in total. The number of carbonyl (C=O) groups excluding carboxylic acids is 2. The van der Waals surface area contributed by atoms with Crippen molar-refractivity contribution in [3.63, 3.8) is 0 Å². The van der Waals surface area contributed by atoms with Gasteiger partial charge in [-0.25, -0.2) is 9.59 Å². The lowest BCUT2D eigenvalue weighted by Crippen LogP contribution is -2.52. The number of carbonyl (C=O) groups is 4. The van der Waals surface area contributed by atoms with E-state index in [0.29, 0.717) is 11.4 Å². The molecule has 4 rings (SSSR count). The van der Waals surface area contributed by atoms with Crippen molar-refractivity contribution in [3.05, 3.63) is 84.3 Å². The van der Waals surface area contributed by atoms with Crippen molar-refractivity contribution in [1.29, 1.82) is 0 Å². The SMILES string of the molecule is CC(=O)Nc1cccc(N(C(=O)c2ccco2)[C@H]2CCN(CCc3ccccc3)C[C@H]2C)c1.O=C(O)C(=O)O. The van der Waals surface area contributed by atoms with E-state index in [1.807, 2.05) is 35.2 Å². The van der Waals surface area contributed by atoms with Crippen molar-refractivity contribution in [2.45, 2.75) is 32.7 Å². The van der Waals surface area contributed by atoms with Crippen molar-refractivity contribution < 1.29 is 33.8 Å². The van der Waals surface area contributed by atoms with Crippen LogP contribution in [-0.4, -0.2) is 64.5 Å². The fraction of sp³-hybridized carbons (Fsp3) is 0.310. The Labute approximate surface area is 226 Å². The van der Waals surface area contributed by atoms with E-state index in [1.165, 1.54) is 18.8 Å². The van der Waals surface area contributed by atoms with Gasteiger partial charge in [0.25, 0.3) is 5.91 Å². The second-order valence-electron chi connectivity index (χ2n) is 9.36. The molecule has 1 saturated heterocycles. The van der Waals surface area contributed by atoms with Crippen LogP contribution in [0.15, 0.2) is 77.4 Å². The first-order valence-corrected chi connectivity index (χ1v) is 12.6. The van der Waals surface area contributed by atoms with Crippen LogP contribution in [0.4, 0.5) is 11.4 Å². The van der Waals surface area contributed by atoms with Gasteiger partial charge >= 0.3 is 11.9 Å². The molecule has 2 amide bonds. The molecule has 0 radical (unpaired) electrons. The molecule has 0 aliphatic carbocycles. The highest BCUT2D eigenvalue weighted by Gasteiger charge is 2.35. The van der Waals surface area contributed by atoms with Crippen LogP contribution in [0.3, 0.4) is 0 Å². The number of carboxylic acid groups (broad SMARTS) is 2. The third-order valence-corrected chi connectivity index (χ3v) is 6.41. The first-order valence-electron chi connectivity index (χ1n) is 12.6. The number of piperidine rings is 1. The molecule has 3 aromatic rings. The summed E-state index contributed by atoms with van der Waals surface area (Å²) in [5.41, 5.74) is 2.78. The summed E-state index contributed by atoms with van der Waals surface area (Å²) in [6.07, 6.45) is 3.41. The Balaban J connectivity index is 0.000000631. The summed E-state index contributed by atoms with van der Waals surface area (Å²) in [6.45, 7) is 6.54. The maximum absolute atomic E-state index is 13.5. The highest BCUT2D eigenvalue weighted by Crippen LogP contribution is 2.31. The molecule has 1 aliphatic heterocycles. The van der Waals surface area contributed by atoms with Gasteiger partial charge in [-0.05, 0) is 54.7 Å². The van der Waals surface area contributed by atoms with Crippen LogP contribution >= 0.6 is 0 Å². The minimum atomic E-state index is -1.82. The highest BCUT2D eigenvalue weighted by molar-refractivity contribution is 6.27. The van der Waals surface area contributed by atoms with Gasteiger partial charge < -0.3 is 29.7 Å². The van der Waals surface area contributed by atoms with Gasteiger partial charge in [-0.15, -0.1) is 0 Å². The Kier molecular flexibility index (Phi) is 10.4. The van der Waals surface area contributed by atoms with E-state index in [0.717, 1.165) is 38.2 Å². The quantitative estimate of drug-likeness (QED) is 0.386. The molecule has 3 N–H and O–H groups in total. The summed E-state index contributed by atoms with van der Waals surface area (Å²) in [7, 11) is 0. The van der Waals surface area contributed by atoms with Crippen LogP contribution in [0.5, 0.6) is 0 Å². The van der Waals surface area contributed by atoms with E-state index in [1.54, 1.807) is 12.1 Å². The van der Waals surface area contributed by atoms with E-state index < -0.39 is 11.9 Å². The Morgan fingerprint density at radius 2 is 1.72 bits per heavy atom. The van der Waals surface area contributed by atoms with Crippen LogP contribution in [0.25, 0.3) is 0 Å². The Morgan fingerprint density at radius 3 is 2.31 bits per heavy atom. The fourth-order valence-corrected chi connectivity index (χ4v) is 4.65. The van der Waals surface area contributed by atoms with Crippen molar-refractivity contribution in [3.8, 4) is 0 Å². The average molecular weight is 536 g/mol. The van der Waals surface area contributed by atoms with Gasteiger partial charge in [0.05, 0.1) is 6.26 Å². The van der Waals surface area contributed by atoms with Gasteiger partial charge in [0.1, 0.15) is 0 Å². The molecule has 0 bridgehead atoms. The molecule has 0 saturated carbocycles. The molecule has 39 heavy (non-hydrogen) atoms. The van der Waals surface area contributed by atoms with Gasteiger partial charge in [-0.1, -0.05) is 43.3 Å². The highest BCUT2D eigenvalue weighted by atomic mass is 16.4. The largest absolute Gasteiger partial charge is 0.473 e. The standard InChI is InChI=1S/C27H31N3O3.C2H2O4/c1-20-19-29(15-13-22-8-4-3-5-9-22)16-14-25(20)30(27(32)26-12-7-17-33-26)24-11-6-10-23(18-24)28-21(2)31;3-1(4)2(5)6/h3-12,17-18,20,25H,13-16,19H2,1-2H3,(H,28,31);(H,3,4)(H,5,6)/t20-,25+;/m1./s1. The first kappa shape index (κ1) is 29.1. The molecule has 206 valence electrons. The number of furan rings is 1. The lowest BCUT2D eigenvalue weighted by atomic mass is 9.91.